The van der Waals surface area contributed by atoms with E-state index < -0.39 is 6.10 Å². The van der Waals surface area contributed by atoms with Gasteiger partial charge in [-0.1, -0.05) is 352 Å². The quantitative estimate of drug-likeness (QED) is 0.0261. The molecule has 0 aromatic carbocycles. The highest BCUT2D eigenvalue weighted by Gasteiger charge is 2.19. The molecule has 0 bridgehead atoms. The second-order valence-electron chi connectivity index (χ2n) is 25.2. The lowest BCUT2D eigenvalue weighted by molar-refractivity contribution is -0.167. The molecule has 0 fully saturated rings. The van der Waals surface area contributed by atoms with E-state index in [2.05, 4.69) is 69.4 Å². The van der Waals surface area contributed by atoms with Crippen molar-refractivity contribution in [1.82, 2.24) is 0 Å². The van der Waals surface area contributed by atoms with E-state index in [0.29, 0.717) is 19.3 Å². The lowest BCUT2D eigenvalue weighted by atomic mass is 10.0. The fourth-order valence-corrected chi connectivity index (χ4v) is 11.2. The summed E-state index contributed by atoms with van der Waals surface area (Å²) < 4.78 is 17.0. The van der Waals surface area contributed by atoms with Gasteiger partial charge in [-0.05, 0) is 83.5 Å². The molecule has 0 amide bonds. The lowest BCUT2D eigenvalue weighted by Crippen LogP contribution is -2.30. The first-order valence-electron chi connectivity index (χ1n) is 37.1. The van der Waals surface area contributed by atoms with Crippen molar-refractivity contribution >= 4 is 17.9 Å². The summed E-state index contributed by atoms with van der Waals surface area (Å²) in [5.74, 6) is -0.849. The molecule has 486 valence electrons. The van der Waals surface area contributed by atoms with Crippen LogP contribution in [-0.4, -0.2) is 37.2 Å². The summed E-state index contributed by atoms with van der Waals surface area (Å²) in [6, 6.07) is 0. The minimum atomic E-state index is -0.776. The van der Waals surface area contributed by atoms with E-state index in [0.717, 1.165) is 77.0 Å². The van der Waals surface area contributed by atoms with Gasteiger partial charge in [-0.25, -0.2) is 0 Å². The molecule has 0 aliphatic heterocycles. The van der Waals surface area contributed by atoms with E-state index in [1.165, 1.54) is 289 Å². The molecule has 0 aliphatic rings. The van der Waals surface area contributed by atoms with Gasteiger partial charge >= 0.3 is 17.9 Å². The molecule has 0 aromatic heterocycles. The number of carbonyl (C=O) groups excluding carboxylic acids is 3. The fourth-order valence-electron chi connectivity index (χ4n) is 11.2. The standard InChI is InChI=1S/C77H142O6/c1-4-7-10-13-16-19-22-25-28-31-33-35-36-37-38-39-40-41-42-43-45-46-49-52-55-58-61-64-67-70-76(79)82-73-74(72-81-75(78)69-66-63-60-57-54-51-48-30-27-24-21-18-15-12-9-6-3)83-77(80)71-68-65-62-59-56-53-50-47-44-34-32-29-26-23-20-17-14-11-8-5-2/h22,25,30-31,33,36-37,48,74H,4-21,23-24,26-29,32,34-35,38-47,49-73H2,1-3H3/b25-22-,33-31-,37-36-,48-30-. The van der Waals surface area contributed by atoms with Crippen LogP contribution in [0, 0.1) is 0 Å². The summed E-state index contributed by atoms with van der Waals surface area (Å²) in [6.45, 7) is 6.70. The van der Waals surface area contributed by atoms with Crippen LogP contribution in [0.25, 0.3) is 0 Å². The third-order valence-electron chi connectivity index (χ3n) is 16.8. The van der Waals surface area contributed by atoms with E-state index in [9.17, 15) is 14.4 Å². The maximum absolute atomic E-state index is 13.0. The van der Waals surface area contributed by atoms with Gasteiger partial charge in [-0.2, -0.15) is 0 Å². The zero-order valence-electron chi connectivity index (χ0n) is 56.0. The van der Waals surface area contributed by atoms with Crippen LogP contribution in [0.4, 0.5) is 0 Å². The summed E-state index contributed by atoms with van der Waals surface area (Å²) >= 11 is 0. The van der Waals surface area contributed by atoms with Gasteiger partial charge in [0.2, 0.25) is 0 Å². The highest BCUT2D eigenvalue weighted by Crippen LogP contribution is 2.19. The Labute approximate surface area is 518 Å². The maximum atomic E-state index is 13.0. The van der Waals surface area contributed by atoms with Gasteiger partial charge in [0.1, 0.15) is 13.2 Å². The van der Waals surface area contributed by atoms with E-state index in [4.69, 9.17) is 14.2 Å². The lowest BCUT2D eigenvalue weighted by Gasteiger charge is -2.18. The largest absolute Gasteiger partial charge is 0.462 e. The molecule has 0 radical (unpaired) electrons. The van der Waals surface area contributed by atoms with Crippen LogP contribution in [0.3, 0.4) is 0 Å². The Morgan fingerprint density at radius 1 is 0.241 bits per heavy atom. The van der Waals surface area contributed by atoms with Crippen molar-refractivity contribution in [2.75, 3.05) is 13.2 Å². The van der Waals surface area contributed by atoms with E-state index >= 15 is 0 Å². The second-order valence-corrected chi connectivity index (χ2v) is 25.2. The van der Waals surface area contributed by atoms with Gasteiger partial charge in [0.05, 0.1) is 0 Å². The number of hydrogen-bond donors (Lipinski definition) is 0. The number of hydrogen-bond acceptors (Lipinski definition) is 6. The summed E-state index contributed by atoms with van der Waals surface area (Å²) in [4.78, 5) is 38.5. The Hall–Kier alpha value is -2.63. The van der Waals surface area contributed by atoms with Crippen LogP contribution < -0.4 is 0 Å². The number of allylic oxidation sites excluding steroid dienone is 8. The molecule has 0 heterocycles. The molecule has 6 heteroatoms. The predicted octanol–water partition coefficient (Wildman–Crippen LogP) is 25.7. The number of carbonyl (C=O) groups is 3. The van der Waals surface area contributed by atoms with Crippen LogP contribution in [0.2, 0.25) is 0 Å². The third kappa shape index (κ3) is 70.0. The van der Waals surface area contributed by atoms with Gasteiger partial charge in [-0.15, -0.1) is 0 Å². The van der Waals surface area contributed by atoms with Crippen molar-refractivity contribution in [2.45, 2.75) is 412 Å². The minimum Gasteiger partial charge on any atom is -0.462 e. The highest BCUT2D eigenvalue weighted by atomic mass is 16.6. The van der Waals surface area contributed by atoms with Gasteiger partial charge in [0, 0.05) is 19.3 Å². The van der Waals surface area contributed by atoms with Gasteiger partial charge in [0.25, 0.3) is 0 Å². The van der Waals surface area contributed by atoms with E-state index in [-0.39, 0.29) is 31.1 Å². The predicted molar refractivity (Wildman–Crippen MR) is 362 cm³/mol. The topological polar surface area (TPSA) is 78.9 Å². The molecule has 1 atom stereocenters. The molecule has 0 aromatic rings. The van der Waals surface area contributed by atoms with Crippen LogP contribution in [0.1, 0.15) is 406 Å². The molecule has 83 heavy (non-hydrogen) atoms. The summed E-state index contributed by atoms with van der Waals surface area (Å²) in [7, 11) is 0. The summed E-state index contributed by atoms with van der Waals surface area (Å²) in [6.07, 6.45) is 91.5. The van der Waals surface area contributed by atoms with Gasteiger partial charge in [-0.3, -0.25) is 14.4 Å². The van der Waals surface area contributed by atoms with E-state index in [1.807, 2.05) is 0 Å². The normalized spacial score (nSPS) is 12.3. The van der Waals surface area contributed by atoms with Crippen molar-refractivity contribution in [3.05, 3.63) is 48.6 Å². The first-order valence-corrected chi connectivity index (χ1v) is 37.1. The first kappa shape index (κ1) is 80.4. The number of rotatable bonds is 69. The monoisotopic (exact) mass is 1160 g/mol. The van der Waals surface area contributed by atoms with Crippen molar-refractivity contribution in [1.29, 1.82) is 0 Å². The molecule has 1 unspecified atom stereocenters. The molecule has 0 rings (SSSR count). The molecular formula is C77H142O6. The average Bonchev–Trinajstić information content (AvgIpc) is 3.50. The highest BCUT2D eigenvalue weighted by molar-refractivity contribution is 5.71. The molecule has 0 N–H and O–H groups in total. The van der Waals surface area contributed by atoms with Crippen LogP contribution in [0.5, 0.6) is 0 Å². The molecule has 0 saturated carbocycles. The van der Waals surface area contributed by atoms with Crippen molar-refractivity contribution in [3.63, 3.8) is 0 Å². The van der Waals surface area contributed by atoms with Crippen molar-refractivity contribution < 1.29 is 28.6 Å². The fraction of sp³-hybridized carbons (Fsp3) is 0.857. The molecule has 0 saturated heterocycles. The Balaban J connectivity index is 4.25. The molecule has 0 spiro atoms. The van der Waals surface area contributed by atoms with Crippen LogP contribution in [0.15, 0.2) is 48.6 Å². The number of unbranched alkanes of at least 4 members (excludes halogenated alkanes) is 50. The number of ether oxygens (including phenoxy) is 3. The third-order valence-corrected chi connectivity index (χ3v) is 16.8. The van der Waals surface area contributed by atoms with Crippen LogP contribution >= 0.6 is 0 Å². The average molecular weight is 1160 g/mol. The zero-order chi connectivity index (χ0) is 59.9. The van der Waals surface area contributed by atoms with Crippen LogP contribution in [-0.2, 0) is 28.6 Å². The second kappa shape index (κ2) is 71.8. The van der Waals surface area contributed by atoms with E-state index in [1.54, 1.807) is 0 Å². The Bertz CT molecular complexity index is 1430. The Morgan fingerprint density at radius 3 is 0.687 bits per heavy atom. The zero-order valence-corrected chi connectivity index (χ0v) is 56.0. The maximum Gasteiger partial charge on any atom is 0.306 e. The minimum absolute atomic E-state index is 0.0709. The molecular weight excluding hydrogens is 1020 g/mol. The SMILES string of the molecule is CCCCCCC/C=C\C/C=C\C/C=C\CCCCCCCCCCCCCCCCC(=O)OCC(COC(=O)CCCCCCC/C=C\CCCCCCCCC)OC(=O)CCCCCCCCCCCCCCCCCCCCCC. The Kier molecular flexibility index (Phi) is 69.6. The smallest absolute Gasteiger partial charge is 0.306 e. The Morgan fingerprint density at radius 2 is 0.434 bits per heavy atom. The molecule has 6 nitrogen and oxygen atoms in total. The first-order chi connectivity index (χ1) is 41.0. The van der Waals surface area contributed by atoms with Gasteiger partial charge in [0.15, 0.2) is 6.10 Å². The summed E-state index contributed by atoms with van der Waals surface area (Å²) in [5, 5.41) is 0. The molecule has 0 aliphatic carbocycles. The van der Waals surface area contributed by atoms with Crippen molar-refractivity contribution in [3.8, 4) is 0 Å². The summed E-state index contributed by atoms with van der Waals surface area (Å²) in [5.41, 5.74) is 0. The number of esters is 3. The van der Waals surface area contributed by atoms with Gasteiger partial charge < -0.3 is 14.2 Å². The van der Waals surface area contributed by atoms with Crippen molar-refractivity contribution in [2.24, 2.45) is 0 Å².